The van der Waals surface area contributed by atoms with Gasteiger partial charge in [0.2, 0.25) is 5.88 Å². The maximum absolute atomic E-state index is 12.7. The Balaban J connectivity index is 1.66. The second-order valence-corrected chi connectivity index (χ2v) is 6.20. The Morgan fingerprint density at radius 2 is 1.68 bits per heavy atom. The maximum atomic E-state index is 12.7. The van der Waals surface area contributed by atoms with Gasteiger partial charge in [-0.3, -0.25) is 0 Å². The van der Waals surface area contributed by atoms with Gasteiger partial charge in [-0.1, -0.05) is 30.3 Å². The minimum atomic E-state index is -4.38. The van der Waals surface area contributed by atoms with Crippen LogP contribution in [0, 0.1) is 6.92 Å². The Hall–Kier alpha value is -3.48. The normalized spacial score (nSPS) is 11.6. The Morgan fingerprint density at radius 3 is 2.43 bits per heavy atom. The minimum Gasteiger partial charge on any atom is -0.437 e. The van der Waals surface area contributed by atoms with Crippen LogP contribution in [0.15, 0.2) is 67.0 Å². The lowest BCUT2D eigenvalue weighted by atomic mass is 10.1. The summed E-state index contributed by atoms with van der Waals surface area (Å²) in [5, 5.41) is 0.931. The molecule has 0 spiro atoms. The first-order chi connectivity index (χ1) is 13.4. The van der Waals surface area contributed by atoms with Crippen molar-refractivity contribution in [2.45, 2.75) is 13.1 Å². The smallest absolute Gasteiger partial charge is 0.416 e. The van der Waals surface area contributed by atoms with Crippen LogP contribution in [0.3, 0.4) is 0 Å². The van der Waals surface area contributed by atoms with Gasteiger partial charge < -0.3 is 4.74 Å². The number of alkyl halides is 3. The first-order valence-corrected chi connectivity index (χ1v) is 8.44. The summed E-state index contributed by atoms with van der Waals surface area (Å²) in [6, 6.07) is 15.8. The maximum Gasteiger partial charge on any atom is 0.416 e. The molecule has 4 aromatic rings. The van der Waals surface area contributed by atoms with Crippen molar-refractivity contribution in [2.24, 2.45) is 0 Å². The molecule has 0 N–H and O–H groups in total. The van der Waals surface area contributed by atoms with Crippen LogP contribution in [-0.4, -0.2) is 15.0 Å². The van der Waals surface area contributed by atoms with Gasteiger partial charge in [-0.05, 0) is 31.2 Å². The molecule has 0 atom stereocenters. The molecular formula is C21H14F3N3O. The number of fused-ring (bicyclic) bond motifs is 1. The quantitative estimate of drug-likeness (QED) is 0.449. The number of ether oxygens (including phenoxy) is 1. The number of rotatable bonds is 3. The highest BCUT2D eigenvalue weighted by Crippen LogP contribution is 2.32. The molecule has 0 radical (unpaired) electrons. The second kappa shape index (κ2) is 6.92. The van der Waals surface area contributed by atoms with E-state index in [1.165, 1.54) is 18.5 Å². The van der Waals surface area contributed by atoms with E-state index in [0.29, 0.717) is 22.5 Å². The number of halogens is 3. The Bertz CT molecular complexity index is 1140. The third-order valence-corrected chi connectivity index (χ3v) is 4.19. The molecular weight excluding hydrogens is 367 g/mol. The van der Waals surface area contributed by atoms with Crippen molar-refractivity contribution in [3.63, 3.8) is 0 Å². The summed E-state index contributed by atoms with van der Waals surface area (Å²) in [5.41, 5.74) is 1.85. The van der Waals surface area contributed by atoms with Crippen LogP contribution >= 0.6 is 0 Å². The van der Waals surface area contributed by atoms with Gasteiger partial charge in [-0.15, -0.1) is 0 Å². The van der Waals surface area contributed by atoms with Gasteiger partial charge in [-0.25, -0.2) is 15.0 Å². The van der Waals surface area contributed by atoms with Crippen molar-refractivity contribution >= 4 is 10.9 Å². The highest BCUT2D eigenvalue weighted by Gasteiger charge is 2.30. The lowest BCUT2D eigenvalue weighted by Crippen LogP contribution is -2.04. The van der Waals surface area contributed by atoms with Crippen molar-refractivity contribution < 1.29 is 17.9 Å². The van der Waals surface area contributed by atoms with Crippen molar-refractivity contribution in [3.05, 3.63) is 78.2 Å². The molecule has 2 aromatic heterocycles. The molecule has 0 amide bonds. The summed E-state index contributed by atoms with van der Waals surface area (Å²) in [6.45, 7) is 1.89. The summed E-state index contributed by atoms with van der Waals surface area (Å²) in [4.78, 5) is 12.7. The number of aromatic nitrogens is 3. The van der Waals surface area contributed by atoms with Crippen LogP contribution in [0.5, 0.6) is 11.6 Å². The Morgan fingerprint density at radius 1 is 0.893 bits per heavy atom. The van der Waals surface area contributed by atoms with Crippen molar-refractivity contribution in [3.8, 4) is 22.9 Å². The van der Waals surface area contributed by atoms with E-state index in [0.717, 1.165) is 23.2 Å². The molecule has 2 aromatic carbocycles. The predicted molar refractivity (Wildman–Crippen MR) is 99.0 cm³/mol. The van der Waals surface area contributed by atoms with Gasteiger partial charge in [0.1, 0.15) is 11.8 Å². The lowest BCUT2D eigenvalue weighted by Gasteiger charge is -2.10. The fourth-order valence-corrected chi connectivity index (χ4v) is 2.80. The largest absolute Gasteiger partial charge is 0.437 e. The number of nitrogens with zero attached hydrogens (tertiary/aromatic N) is 3. The molecule has 7 heteroatoms. The van der Waals surface area contributed by atoms with E-state index in [1.807, 2.05) is 31.2 Å². The average molecular weight is 381 g/mol. The number of hydrogen-bond donors (Lipinski definition) is 0. The second-order valence-electron chi connectivity index (χ2n) is 6.20. The molecule has 0 bridgehead atoms. The number of pyridine rings is 1. The average Bonchev–Trinajstić information content (AvgIpc) is 2.68. The molecule has 2 heterocycles. The molecule has 4 rings (SSSR count). The van der Waals surface area contributed by atoms with Crippen LogP contribution in [0.1, 0.15) is 11.3 Å². The Kier molecular flexibility index (Phi) is 4.43. The third kappa shape index (κ3) is 3.64. The zero-order valence-corrected chi connectivity index (χ0v) is 14.7. The zero-order valence-electron chi connectivity index (χ0n) is 14.7. The highest BCUT2D eigenvalue weighted by atomic mass is 19.4. The van der Waals surface area contributed by atoms with E-state index in [1.54, 1.807) is 12.1 Å². The molecule has 4 nitrogen and oxygen atoms in total. The molecule has 0 fully saturated rings. The minimum absolute atomic E-state index is 0.278. The van der Waals surface area contributed by atoms with Gasteiger partial charge in [0.15, 0.2) is 5.75 Å². The zero-order chi connectivity index (χ0) is 19.7. The monoisotopic (exact) mass is 381 g/mol. The van der Waals surface area contributed by atoms with Crippen molar-refractivity contribution in [1.29, 1.82) is 0 Å². The van der Waals surface area contributed by atoms with Gasteiger partial charge in [0.25, 0.3) is 0 Å². The molecule has 28 heavy (non-hydrogen) atoms. The molecule has 0 saturated heterocycles. The van der Waals surface area contributed by atoms with Gasteiger partial charge in [-0.2, -0.15) is 13.2 Å². The third-order valence-electron chi connectivity index (χ3n) is 4.19. The number of aryl methyl sites for hydroxylation is 1. The van der Waals surface area contributed by atoms with Gasteiger partial charge in [0.05, 0.1) is 11.3 Å². The summed E-state index contributed by atoms with van der Waals surface area (Å²) in [5.74, 6) is 0.818. The SMILES string of the molecule is Cc1ccc2cccc(Oc3cc(-c4ccc(C(F)(F)F)cc4)ncn3)c2n1. The number of para-hydroxylation sites is 1. The van der Waals surface area contributed by atoms with Gasteiger partial charge >= 0.3 is 6.18 Å². The lowest BCUT2D eigenvalue weighted by molar-refractivity contribution is -0.137. The molecule has 0 aliphatic rings. The molecule has 140 valence electrons. The first kappa shape index (κ1) is 17.9. The topological polar surface area (TPSA) is 47.9 Å². The van der Waals surface area contributed by atoms with E-state index >= 15 is 0 Å². The van der Waals surface area contributed by atoms with E-state index < -0.39 is 11.7 Å². The molecule has 0 unspecified atom stereocenters. The van der Waals surface area contributed by atoms with E-state index in [-0.39, 0.29) is 5.88 Å². The number of benzene rings is 2. The highest BCUT2D eigenvalue weighted by molar-refractivity contribution is 5.84. The number of hydrogen-bond acceptors (Lipinski definition) is 4. The van der Waals surface area contributed by atoms with Crippen LogP contribution < -0.4 is 4.74 Å². The van der Waals surface area contributed by atoms with Crippen LogP contribution in [-0.2, 0) is 6.18 Å². The van der Waals surface area contributed by atoms with Crippen molar-refractivity contribution in [1.82, 2.24) is 15.0 Å². The fraction of sp³-hybridized carbons (Fsp3) is 0.0952. The van der Waals surface area contributed by atoms with E-state index in [2.05, 4.69) is 15.0 Å². The van der Waals surface area contributed by atoms with Crippen molar-refractivity contribution in [2.75, 3.05) is 0 Å². The van der Waals surface area contributed by atoms with E-state index in [9.17, 15) is 13.2 Å². The predicted octanol–water partition coefficient (Wildman–Crippen LogP) is 5.81. The van der Waals surface area contributed by atoms with E-state index in [4.69, 9.17) is 4.74 Å². The summed E-state index contributed by atoms with van der Waals surface area (Å²) in [7, 11) is 0. The van der Waals surface area contributed by atoms with Crippen LogP contribution in [0.2, 0.25) is 0 Å². The standard InChI is InChI=1S/C21H14F3N3O/c1-13-5-6-15-3-2-4-18(20(15)27-13)28-19-11-17(25-12-26-19)14-7-9-16(10-8-14)21(22,23)24/h2-12H,1H3. The van der Waals surface area contributed by atoms with Crippen LogP contribution in [0.25, 0.3) is 22.2 Å². The summed E-state index contributed by atoms with van der Waals surface area (Å²) in [6.07, 6.45) is -3.07. The summed E-state index contributed by atoms with van der Waals surface area (Å²) >= 11 is 0. The summed E-state index contributed by atoms with van der Waals surface area (Å²) < 4.78 is 44.1. The molecule has 0 aliphatic carbocycles. The Labute approximate surface area is 158 Å². The van der Waals surface area contributed by atoms with Crippen LogP contribution in [0.4, 0.5) is 13.2 Å². The first-order valence-electron chi connectivity index (χ1n) is 8.44. The molecule has 0 saturated carbocycles. The van der Waals surface area contributed by atoms with Gasteiger partial charge in [0, 0.05) is 22.7 Å². The fourth-order valence-electron chi connectivity index (χ4n) is 2.80. The molecule has 0 aliphatic heterocycles.